The van der Waals surface area contributed by atoms with Crippen LogP contribution >= 0.6 is 0 Å². The van der Waals surface area contributed by atoms with E-state index in [1.54, 1.807) is 0 Å². The van der Waals surface area contributed by atoms with Gasteiger partial charge in [-0.2, -0.15) is 5.26 Å². The summed E-state index contributed by atoms with van der Waals surface area (Å²) >= 11 is 0. The Morgan fingerprint density at radius 1 is 1.36 bits per heavy atom. The summed E-state index contributed by atoms with van der Waals surface area (Å²) < 4.78 is 0. The number of likely N-dealkylation sites (tertiary alicyclic amines) is 1. The SMILES string of the molecule is CCC(=O)N1CC[C@@H](NCc2ccc(C#N)cc2)[C@H](CC)C1. The number of benzene rings is 1. The van der Waals surface area contributed by atoms with Crippen LogP contribution in [0.1, 0.15) is 44.2 Å². The number of hydrogen-bond donors (Lipinski definition) is 1. The molecular weight excluding hydrogens is 274 g/mol. The number of carbonyl (C=O) groups excluding carboxylic acids is 1. The van der Waals surface area contributed by atoms with Crippen molar-refractivity contribution in [3.8, 4) is 6.07 Å². The second-order valence-corrected chi connectivity index (χ2v) is 5.95. The molecule has 22 heavy (non-hydrogen) atoms. The minimum absolute atomic E-state index is 0.268. The van der Waals surface area contributed by atoms with Gasteiger partial charge in [0.25, 0.3) is 0 Å². The van der Waals surface area contributed by atoms with Crippen molar-refractivity contribution in [1.82, 2.24) is 10.2 Å². The largest absolute Gasteiger partial charge is 0.342 e. The minimum atomic E-state index is 0.268. The molecule has 0 saturated carbocycles. The smallest absolute Gasteiger partial charge is 0.222 e. The van der Waals surface area contributed by atoms with E-state index in [2.05, 4.69) is 18.3 Å². The number of rotatable bonds is 5. The van der Waals surface area contributed by atoms with Gasteiger partial charge in [0.1, 0.15) is 0 Å². The van der Waals surface area contributed by atoms with Crippen LogP contribution in [0.3, 0.4) is 0 Å². The van der Waals surface area contributed by atoms with Gasteiger partial charge in [-0.3, -0.25) is 4.79 Å². The fraction of sp³-hybridized carbons (Fsp3) is 0.556. The number of piperidine rings is 1. The molecule has 0 aromatic heterocycles. The highest BCUT2D eigenvalue weighted by atomic mass is 16.2. The van der Waals surface area contributed by atoms with Crippen LogP contribution in [0.2, 0.25) is 0 Å². The Morgan fingerprint density at radius 3 is 2.68 bits per heavy atom. The van der Waals surface area contributed by atoms with Crippen molar-refractivity contribution in [2.45, 2.75) is 45.7 Å². The molecule has 0 radical (unpaired) electrons. The highest BCUT2D eigenvalue weighted by Crippen LogP contribution is 2.21. The van der Waals surface area contributed by atoms with Gasteiger partial charge >= 0.3 is 0 Å². The summed E-state index contributed by atoms with van der Waals surface area (Å²) in [5.41, 5.74) is 1.89. The van der Waals surface area contributed by atoms with Crippen LogP contribution in [0.25, 0.3) is 0 Å². The molecule has 4 heteroatoms. The fourth-order valence-corrected chi connectivity index (χ4v) is 3.11. The highest BCUT2D eigenvalue weighted by Gasteiger charge is 2.29. The van der Waals surface area contributed by atoms with Crippen LogP contribution < -0.4 is 5.32 Å². The molecule has 0 spiro atoms. The first-order valence-electron chi connectivity index (χ1n) is 8.18. The zero-order valence-corrected chi connectivity index (χ0v) is 13.5. The average molecular weight is 299 g/mol. The second kappa shape index (κ2) is 7.95. The molecule has 1 aliphatic heterocycles. The van der Waals surface area contributed by atoms with Crippen molar-refractivity contribution in [2.75, 3.05) is 13.1 Å². The van der Waals surface area contributed by atoms with Gasteiger partial charge in [0.15, 0.2) is 0 Å². The van der Waals surface area contributed by atoms with Crippen molar-refractivity contribution in [3.63, 3.8) is 0 Å². The summed E-state index contributed by atoms with van der Waals surface area (Å²) in [7, 11) is 0. The average Bonchev–Trinajstić information content (AvgIpc) is 2.59. The Bertz CT molecular complexity index is 532. The maximum absolute atomic E-state index is 11.9. The summed E-state index contributed by atoms with van der Waals surface area (Å²) in [6, 6.07) is 10.3. The van der Waals surface area contributed by atoms with E-state index in [0.29, 0.717) is 23.9 Å². The van der Waals surface area contributed by atoms with E-state index in [0.717, 1.165) is 32.5 Å². The summed E-state index contributed by atoms with van der Waals surface area (Å²) in [4.78, 5) is 13.9. The Kier molecular flexibility index (Phi) is 5.97. The standard InChI is InChI=1S/C18H25N3O/c1-3-16-13-21(18(22)4-2)10-9-17(16)20-12-15-7-5-14(11-19)6-8-15/h5-8,16-17,20H,3-4,9-10,12-13H2,1-2H3/t16-,17-/m1/s1. The number of nitriles is 1. The molecule has 4 nitrogen and oxygen atoms in total. The van der Waals surface area contributed by atoms with Crippen molar-refractivity contribution in [3.05, 3.63) is 35.4 Å². The van der Waals surface area contributed by atoms with E-state index < -0.39 is 0 Å². The van der Waals surface area contributed by atoms with E-state index in [4.69, 9.17) is 5.26 Å². The fourth-order valence-electron chi connectivity index (χ4n) is 3.11. The predicted octanol–water partition coefficient (Wildman–Crippen LogP) is 2.68. The van der Waals surface area contributed by atoms with Crippen LogP contribution in [-0.2, 0) is 11.3 Å². The van der Waals surface area contributed by atoms with Gasteiger partial charge in [0.2, 0.25) is 5.91 Å². The van der Waals surface area contributed by atoms with E-state index in [1.807, 2.05) is 36.1 Å². The first-order valence-corrected chi connectivity index (χ1v) is 8.18. The summed E-state index contributed by atoms with van der Waals surface area (Å²) in [6.07, 6.45) is 2.69. The Morgan fingerprint density at radius 2 is 2.09 bits per heavy atom. The van der Waals surface area contributed by atoms with Gasteiger partial charge in [0.05, 0.1) is 11.6 Å². The molecule has 0 aliphatic carbocycles. The van der Waals surface area contributed by atoms with Crippen molar-refractivity contribution in [2.24, 2.45) is 5.92 Å². The third kappa shape index (κ3) is 4.08. The lowest BCUT2D eigenvalue weighted by Gasteiger charge is -2.38. The van der Waals surface area contributed by atoms with Crippen LogP contribution in [0, 0.1) is 17.2 Å². The molecule has 1 fully saturated rings. The molecule has 1 saturated heterocycles. The molecule has 0 bridgehead atoms. The molecule has 0 unspecified atom stereocenters. The van der Waals surface area contributed by atoms with Crippen molar-refractivity contribution in [1.29, 1.82) is 5.26 Å². The quantitative estimate of drug-likeness (QED) is 0.909. The highest BCUT2D eigenvalue weighted by molar-refractivity contribution is 5.75. The monoisotopic (exact) mass is 299 g/mol. The molecule has 2 rings (SSSR count). The van der Waals surface area contributed by atoms with E-state index >= 15 is 0 Å². The van der Waals surface area contributed by atoms with Crippen LogP contribution in [0.4, 0.5) is 0 Å². The lowest BCUT2D eigenvalue weighted by Crippen LogP contribution is -2.50. The molecule has 1 aliphatic rings. The zero-order valence-electron chi connectivity index (χ0n) is 13.5. The van der Waals surface area contributed by atoms with Crippen LogP contribution in [0.15, 0.2) is 24.3 Å². The van der Waals surface area contributed by atoms with Gasteiger partial charge in [-0.05, 0) is 30.0 Å². The van der Waals surface area contributed by atoms with E-state index in [1.165, 1.54) is 5.56 Å². The molecule has 118 valence electrons. The molecular formula is C18H25N3O. The summed E-state index contributed by atoms with van der Waals surface area (Å²) in [6.45, 7) is 6.66. The van der Waals surface area contributed by atoms with E-state index in [-0.39, 0.29) is 5.91 Å². The lowest BCUT2D eigenvalue weighted by atomic mass is 9.89. The van der Waals surface area contributed by atoms with Gasteiger partial charge in [-0.25, -0.2) is 0 Å². The minimum Gasteiger partial charge on any atom is -0.342 e. The maximum atomic E-state index is 11.9. The molecule has 1 N–H and O–H groups in total. The summed E-state index contributed by atoms with van der Waals surface area (Å²) in [5.74, 6) is 0.784. The van der Waals surface area contributed by atoms with Crippen LogP contribution in [0.5, 0.6) is 0 Å². The number of nitrogens with zero attached hydrogens (tertiary/aromatic N) is 2. The molecule has 2 atom stereocenters. The van der Waals surface area contributed by atoms with Crippen molar-refractivity contribution < 1.29 is 4.79 Å². The van der Waals surface area contributed by atoms with Gasteiger partial charge in [-0.1, -0.05) is 32.4 Å². The lowest BCUT2D eigenvalue weighted by molar-refractivity contribution is -0.133. The van der Waals surface area contributed by atoms with Gasteiger partial charge < -0.3 is 10.2 Å². The number of hydrogen-bond acceptors (Lipinski definition) is 3. The first kappa shape index (κ1) is 16.5. The predicted molar refractivity (Wildman–Crippen MR) is 87.1 cm³/mol. The third-order valence-electron chi connectivity index (χ3n) is 4.56. The number of carbonyl (C=O) groups is 1. The second-order valence-electron chi connectivity index (χ2n) is 5.95. The normalized spacial score (nSPS) is 21.4. The summed E-state index contributed by atoms with van der Waals surface area (Å²) in [5, 5.41) is 12.5. The van der Waals surface area contributed by atoms with Gasteiger partial charge in [0, 0.05) is 32.1 Å². The number of amides is 1. The molecule has 1 aromatic rings. The van der Waals surface area contributed by atoms with E-state index in [9.17, 15) is 4.79 Å². The first-order chi connectivity index (χ1) is 10.7. The Balaban J connectivity index is 1.89. The molecule has 1 aromatic carbocycles. The molecule has 1 amide bonds. The maximum Gasteiger partial charge on any atom is 0.222 e. The Labute approximate surface area is 133 Å². The number of nitrogens with one attached hydrogen (secondary N) is 1. The zero-order chi connectivity index (χ0) is 15.9. The Hall–Kier alpha value is -1.86. The third-order valence-corrected chi connectivity index (χ3v) is 4.56. The topological polar surface area (TPSA) is 56.1 Å². The van der Waals surface area contributed by atoms with Crippen LogP contribution in [-0.4, -0.2) is 29.9 Å². The van der Waals surface area contributed by atoms with Gasteiger partial charge in [-0.15, -0.1) is 0 Å². The molecule has 1 heterocycles. The van der Waals surface area contributed by atoms with Crippen molar-refractivity contribution >= 4 is 5.91 Å².